The van der Waals surface area contributed by atoms with Gasteiger partial charge >= 0.3 is 0 Å². The summed E-state index contributed by atoms with van der Waals surface area (Å²) in [5, 5.41) is 5.55. The van der Waals surface area contributed by atoms with Gasteiger partial charge in [-0.3, -0.25) is 0 Å². The quantitative estimate of drug-likeness (QED) is 0.634. The summed E-state index contributed by atoms with van der Waals surface area (Å²) in [6.07, 6.45) is 1.98. The molecule has 0 radical (unpaired) electrons. The van der Waals surface area contributed by atoms with Gasteiger partial charge in [-0.05, 0) is 37.1 Å². The summed E-state index contributed by atoms with van der Waals surface area (Å²) in [5.74, 6) is 0. The molecule has 0 amide bonds. The zero-order valence-corrected chi connectivity index (χ0v) is 19.1. The van der Waals surface area contributed by atoms with Crippen molar-refractivity contribution < 1.29 is 8.42 Å². The molecule has 7 nitrogen and oxygen atoms in total. The normalized spacial score (nSPS) is 16.7. The first-order valence-electron chi connectivity index (χ1n) is 9.75. The summed E-state index contributed by atoms with van der Waals surface area (Å²) in [7, 11) is -3.47. The van der Waals surface area contributed by atoms with Crippen molar-refractivity contribution in [1.82, 2.24) is 18.9 Å². The fourth-order valence-corrected chi connectivity index (χ4v) is 5.76. The molecule has 1 fully saturated rings. The number of hydrogen-bond donors (Lipinski definition) is 0. The number of sulfonamides is 1. The molecule has 0 aliphatic carbocycles. The van der Waals surface area contributed by atoms with Gasteiger partial charge in [-0.15, -0.1) is 5.10 Å². The van der Waals surface area contributed by atoms with Crippen molar-refractivity contribution in [3.05, 3.63) is 41.2 Å². The lowest BCUT2D eigenvalue weighted by Crippen LogP contribution is -2.48. The van der Waals surface area contributed by atoms with Gasteiger partial charge in [0.05, 0.1) is 16.8 Å². The van der Waals surface area contributed by atoms with Crippen molar-refractivity contribution in [3.8, 4) is 0 Å². The molecule has 1 aromatic carbocycles. The molecule has 3 heterocycles. The summed E-state index contributed by atoms with van der Waals surface area (Å²) in [4.78, 5) is 8.08. The first-order chi connectivity index (χ1) is 13.6. The Morgan fingerprint density at radius 1 is 1.03 bits per heavy atom. The van der Waals surface area contributed by atoms with Crippen molar-refractivity contribution in [1.29, 1.82) is 0 Å². The van der Waals surface area contributed by atoms with Gasteiger partial charge in [-0.2, -0.15) is 4.31 Å². The van der Waals surface area contributed by atoms with E-state index in [1.54, 1.807) is 27.8 Å². The molecular formula is C20H27N5O2S2. The molecule has 2 aromatic heterocycles. The summed E-state index contributed by atoms with van der Waals surface area (Å²) in [6, 6.07) is 5.34. The van der Waals surface area contributed by atoms with Gasteiger partial charge in [0.15, 0.2) is 0 Å². The number of benzene rings is 1. The lowest BCUT2D eigenvalue weighted by atomic mass is 9.93. The smallest absolute Gasteiger partial charge is 0.243 e. The Morgan fingerprint density at radius 2 is 1.72 bits per heavy atom. The molecule has 0 saturated carbocycles. The van der Waals surface area contributed by atoms with Crippen LogP contribution in [0.25, 0.3) is 4.96 Å². The third-order valence-electron chi connectivity index (χ3n) is 5.43. The van der Waals surface area contributed by atoms with Gasteiger partial charge in [0.25, 0.3) is 0 Å². The first kappa shape index (κ1) is 20.3. The number of piperazine rings is 1. The summed E-state index contributed by atoms with van der Waals surface area (Å²) in [5.41, 5.74) is 3.09. The van der Waals surface area contributed by atoms with Crippen LogP contribution >= 0.6 is 11.3 Å². The number of hydrogen-bond acceptors (Lipinski definition) is 6. The highest BCUT2D eigenvalue weighted by atomic mass is 32.2. The molecule has 0 bridgehead atoms. The second kappa shape index (κ2) is 7.07. The molecule has 9 heteroatoms. The van der Waals surface area contributed by atoms with E-state index >= 15 is 0 Å². The van der Waals surface area contributed by atoms with Crippen LogP contribution in [-0.2, 0) is 15.4 Å². The Kier molecular flexibility index (Phi) is 4.95. The van der Waals surface area contributed by atoms with Crippen LogP contribution in [0.2, 0.25) is 0 Å². The van der Waals surface area contributed by atoms with Crippen LogP contribution in [0.3, 0.4) is 0 Å². The van der Waals surface area contributed by atoms with E-state index < -0.39 is 10.0 Å². The van der Waals surface area contributed by atoms with Crippen LogP contribution in [0.1, 0.15) is 37.6 Å². The molecule has 1 aliphatic heterocycles. The highest BCUT2D eigenvalue weighted by Crippen LogP contribution is 2.29. The number of anilines is 1. The van der Waals surface area contributed by atoms with E-state index in [4.69, 9.17) is 4.98 Å². The number of aryl methyl sites for hydroxylation is 2. The van der Waals surface area contributed by atoms with Crippen LogP contribution in [-0.4, -0.2) is 53.5 Å². The topological polar surface area (TPSA) is 70.8 Å². The molecule has 3 aromatic rings. The zero-order valence-electron chi connectivity index (χ0n) is 17.5. The van der Waals surface area contributed by atoms with Crippen molar-refractivity contribution in [2.75, 3.05) is 31.1 Å². The first-order valence-corrected chi connectivity index (χ1v) is 12.0. The van der Waals surface area contributed by atoms with Crippen LogP contribution in [0.15, 0.2) is 29.3 Å². The maximum Gasteiger partial charge on any atom is 0.243 e. The zero-order chi connectivity index (χ0) is 21.0. The third-order valence-corrected chi connectivity index (χ3v) is 8.30. The molecule has 156 valence electrons. The number of aromatic nitrogens is 3. The van der Waals surface area contributed by atoms with Gasteiger partial charge in [-0.25, -0.2) is 17.9 Å². The highest BCUT2D eigenvalue weighted by Gasteiger charge is 2.30. The predicted octanol–water partition coefficient (Wildman–Crippen LogP) is 3.22. The van der Waals surface area contributed by atoms with Crippen molar-refractivity contribution >= 4 is 31.5 Å². The minimum Gasteiger partial charge on any atom is -0.344 e. The number of imidazole rings is 1. The molecule has 0 atom stereocenters. The standard InChI is InChI=1S/C20H27N5O2S2/c1-14-6-7-16(12-15(14)2)29(26,27)24-10-8-23(9-11-24)19-22-25-13-17(20(3,4)5)21-18(25)28-19/h6-7,12-13H,8-11H2,1-5H3. The lowest BCUT2D eigenvalue weighted by molar-refractivity contribution is 0.384. The molecule has 1 saturated heterocycles. The lowest BCUT2D eigenvalue weighted by Gasteiger charge is -2.33. The second-order valence-electron chi connectivity index (χ2n) is 8.63. The van der Waals surface area contributed by atoms with E-state index in [1.165, 1.54) is 0 Å². The Labute approximate surface area is 176 Å². The molecule has 0 unspecified atom stereocenters. The van der Waals surface area contributed by atoms with Crippen molar-refractivity contribution in [3.63, 3.8) is 0 Å². The van der Waals surface area contributed by atoms with E-state index in [2.05, 4.69) is 30.8 Å². The van der Waals surface area contributed by atoms with Gasteiger partial charge in [-0.1, -0.05) is 38.2 Å². The maximum atomic E-state index is 13.0. The SMILES string of the molecule is Cc1ccc(S(=O)(=O)N2CCN(c3nn4cc(C(C)(C)C)nc4s3)CC2)cc1C. The Balaban J connectivity index is 1.48. The van der Waals surface area contributed by atoms with Crippen LogP contribution in [0.4, 0.5) is 5.13 Å². The summed E-state index contributed by atoms with van der Waals surface area (Å²) in [6.45, 7) is 12.5. The van der Waals surface area contributed by atoms with Crippen LogP contribution in [0, 0.1) is 13.8 Å². The Hall–Kier alpha value is -1.97. The molecule has 4 rings (SSSR count). The number of nitrogens with zero attached hydrogens (tertiary/aromatic N) is 5. The minimum absolute atomic E-state index is 0.0120. The number of fused-ring (bicyclic) bond motifs is 1. The van der Waals surface area contributed by atoms with Crippen LogP contribution in [0.5, 0.6) is 0 Å². The average Bonchev–Trinajstić information content (AvgIpc) is 3.23. The fourth-order valence-electron chi connectivity index (χ4n) is 3.32. The van der Waals surface area contributed by atoms with Gasteiger partial charge in [0.1, 0.15) is 0 Å². The molecular weight excluding hydrogens is 406 g/mol. The summed E-state index contributed by atoms with van der Waals surface area (Å²) < 4.78 is 29.4. The molecule has 0 N–H and O–H groups in total. The van der Waals surface area contributed by atoms with Crippen molar-refractivity contribution in [2.45, 2.75) is 44.9 Å². The van der Waals surface area contributed by atoms with E-state index in [0.717, 1.165) is 26.9 Å². The Morgan fingerprint density at radius 3 is 2.31 bits per heavy atom. The molecule has 0 spiro atoms. The maximum absolute atomic E-state index is 13.0. The fraction of sp³-hybridized carbons (Fsp3) is 0.500. The van der Waals surface area contributed by atoms with Gasteiger partial charge < -0.3 is 4.90 Å². The number of rotatable bonds is 3. The largest absolute Gasteiger partial charge is 0.344 e. The monoisotopic (exact) mass is 433 g/mol. The summed E-state index contributed by atoms with van der Waals surface area (Å²) >= 11 is 1.55. The van der Waals surface area contributed by atoms with Gasteiger partial charge in [0, 0.05) is 31.6 Å². The van der Waals surface area contributed by atoms with E-state index in [9.17, 15) is 8.42 Å². The average molecular weight is 434 g/mol. The second-order valence-corrected chi connectivity index (χ2v) is 11.5. The Bertz CT molecular complexity index is 1120. The predicted molar refractivity (Wildman–Crippen MR) is 116 cm³/mol. The molecule has 1 aliphatic rings. The van der Waals surface area contributed by atoms with E-state index in [1.807, 2.05) is 30.6 Å². The van der Waals surface area contributed by atoms with E-state index in [-0.39, 0.29) is 5.41 Å². The van der Waals surface area contributed by atoms with Crippen LogP contribution < -0.4 is 4.90 Å². The molecule has 29 heavy (non-hydrogen) atoms. The van der Waals surface area contributed by atoms with Gasteiger partial charge in [0.2, 0.25) is 20.1 Å². The third kappa shape index (κ3) is 3.78. The minimum atomic E-state index is -3.47. The highest BCUT2D eigenvalue weighted by molar-refractivity contribution is 7.89. The van der Waals surface area contributed by atoms with E-state index in [0.29, 0.717) is 31.1 Å². The van der Waals surface area contributed by atoms with Crippen molar-refractivity contribution in [2.24, 2.45) is 0 Å².